The summed E-state index contributed by atoms with van der Waals surface area (Å²) in [5.74, 6) is -2.79. The maximum Gasteiger partial charge on any atom is 0.374 e. The average Bonchev–Trinajstić information content (AvgIpc) is 2.95. The van der Waals surface area contributed by atoms with Crippen molar-refractivity contribution in [1.82, 2.24) is 0 Å². The van der Waals surface area contributed by atoms with Gasteiger partial charge in [0.15, 0.2) is 0 Å². The topological polar surface area (TPSA) is 117 Å². The second kappa shape index (κ2) is 7.46. The molecular weight excluding hydrogens is 376 g/mol. The van der Waals surface area contributed by atoms with Crippen LogP contribution in [0.5, 0.6) is 0 Å². The maximum atomic E-state index is 13.3. The summed E-state index contributed by atoms with van der Waals surface area (Å²) in [7, 11) is 0. The fourth-order valence-corrected chi connectivity index (χ4v) is 3.58. The fraction of sp³-hybridized carbons (Fsp3) is 0.286. The molecule has 0 bridgehead atoms. The Labute approximate surface area is 168 Å². The Bertz CT molecular complexity index is 975. The molecule has 0 radical (unpaired) electrons. The Balaban J connectivity index is 2.27. The second-order valence-electron chi connectivity index (χ2n) is 6.89. The molecule has 0 aliphatic carbocycles. The van der Waals surface area contributed by atoms with E-state index in [4.69, 9.17) is 19.9 Å². The van der Waals surface area contributed by atoms with Crippen molar-refractivity contribution in [1.29, 1.82) is 0 Å². The van der Waals surface area contributed by atoms with Gasteiger partial charge in [-0.2, -0.15) is 0 Å². The van der Waals surface area contributed by atoms with Crippen LogP contribution in [0.4, 0.5) is 5.69 Å². The molecule has 1 unspecified atom stereocenters. The van der Waals surface area contributed by atoms with Crippen LogP contribution in [0.15, 0.2) is 59.7 Å². The van der Waals surface area contributed by atoms with E-state index in [0.29, 0.717) is 11.3 Å². The molecular formula is C21H22N2O6. The highest BCUT2D eigenvalue weighted by Crippen LogP contribution is 2.52. The molecule has 2 heterocycles. The smallest absolute Gasteiger partial charge is 0.374 e. The lowest BCUT2D eigenvalue weighted by molar-refractivity contribution is -0.147. The average molecular weight is 398 g/mol. The summed E-state index contributed by atoms with van der Waals surface area (Å²) >= 11 is 0. The van der Waals surface area contributed by atoms with Gasteiger partial charge in [-0.05, 0) is 26.8 Å². The van der Waals surface area contributed by atoms with Gasteiger partial charge in [-0.1, -0.05) is 30.9 Å². The van der Waals surface area contributed by atoms with Crippen LogP contribution < -0.4 is 11.1 Å². The Kier molecular flexibility index (Phi) is 5.19. The second-order valence-corrected chi connectivity index (χ2v) is 6.89. The summed E-state index contributed by atoms with van der Waals surface area (Å²) in [6.07, 6.45) is 0.970. The minimum Gasteiger partial charge on any atom is -0.458 e. The van der Waals surface area contributed by atoms with E-state index in [-0.39, 0.29) is 23.5 Å². The number of hydrogen-bond donors (Lipinski definition) is 2. The fourth-order valence-electron chi connectivity index (χ4n) is 3.58. The monoisotopic (exact) mass is 398 g/mol. The van der Waals surface area contributed by atoms with Crippen LogP contribution in [0.3, 0.4) is 0 Å². The van der Waals surface area contributed by atoms with Crippen molar-refractivity contribution in [3.8, 4) is 0 Å². The van der Waals surface area contributed by atoms with E-state index in [0.717, 1.165) is 0 Å². The molecule has 152 valence electrons. The highest BCUT2D eigenvalue weighted by molar-refractivity contribution is 6.17. The van der Waals surface area contributed by atoms with Crippen LogP contribution in [0, 0.1) is 0 Å². The number of benzene rings is 1. The molecule has 29 heavy (non-hydrogen) atoms. The van der Waals surface area contributed by atoms with Crippen LogP contribution in [-0.2, 0) is 34.0 Å². The predicted octanol–water partition coefficient (Wildman–Crippen LogP) is 2.03. The van der Waals surface area contributed by atoms with Crippen molar-refractivity contribution in [2.24, 2.45) is 5.73 Å². The molecule has 0 fully saturated rings. The lowest BCUT2D eigenvalue weighted by Gasteiger charge is -2.35. The van der Waals surface area contributed by atoms with Gasteiger partial charge in [-0.3, -0.25) is 4.79 Å². The van der Waals surface area contributed by atoms with Crippen LogP contribution in [-0.4, -0.2) is 30.6 Å². The molecule has 1 spiro atoms. The van der Waals surface area contributed by atoms with Crippen LogP contribution in [0.1, 0.15) is 26.3 Å². The van der Waals surface area contributed by atoms with Gasteiger partial charge in [0.2, 0.25) is 17.5 Å². The van der Waals surface area contributed by atoms with E-state index < -0.39 is 35.2 Å². The zero-order valence-corrected chi connectivity index (χ0v) is 16.4. The highest BCUT2D eigenvalue weighted by atomic mass is 16.6. The van der Waals surface area contributed by atoms with E-state index in [1.54, 1.807) is 38.1 Å². The third-order valence-electron chi connectivity index (χ3n) is 4.72. The van der Waals surface area contributed by atoms with Crippen molar-refractivity contribution in [2.75, 3.05) is 11.9 Å². The zero-order valence-electron chi connectivity index (χ0n) is 16.4. The van der Waals surface area contributed by atoms with Crippen LogP contribution in [0.25, 0.3) is 0 Å². The number of carbonyl (C=O) groups excluding carboxylic acids is 3. The van der Waals surface area contributed by atoms with E-state index in [1.807, 2.05) is 0 Å². The predicted molar refractivity (Wildman–Crippen MR) is 104 cm³/mol. The maximum absolute atomic E-state index is 13.3. The standard InChI is InChI=1S/C21H22N2O6/c1-5-10-27-18(24)15-17(22)29-16(19(25)28-11(2)3)12(4)21(15)13-8-6-7-9-14(13)23-20(21)26/h5-9,11H,1,10,22H2,2-4H3,(H,23,26). The number of hydrogen-bond acceptors (Lipinski definition) is 7. The quantitative estimate of drug-likeness (QED) is 0.576. The molecule has 8 heteroatoms. The largest absolute Gasteiger partial charge is 0.458 e. The summed E-state index contributed by atoms with van der Waals surface area (Å²) in [4.78, 5) is 38.8. The number of nitrogens with one attached hydrogen (secondary N) is 1. The van der Waals surface area contributed by atoms with Crippen molar-refractivity contribution in [2.45, 2.75) is 32.3 Å². The van der Waals surface area contributed by atoms with Gasteiger partial charge in [0.05, 0.1) is 6.10 Å². The molecule has 1 aromatic rings. The summed E-state index contributed by atoms with van der Waals surface area (Å²) in [6.45, 7) is 8.32. The van der Waals surface area contributed by atoms with Gasteiger partial charge in [-0.25, -0.2) is 9.59 Å². The number of ether oxygens (including phenoxy) is 3. The molecule has 2 aliphatic heterocycles. The normalized spacial score (nSPS) is 20.3. The summed E-state index contributed by atoms with van der Waals surface area (Å²) < 4.78 is 15.9. The third kappa shape index (κ3) is 3.06. The first-order valence-corrected chi connectivity index (χ1v) is 9.04. The van der Waals surface area contributed by atoms with Gasteiger partial charge in [0.1, 0.15) is 17.6 Å². The molecule has 3 N–H and O–H groups in total. The molecule has 1 amide bonds. The molecule has 1 aromatic carbocycles. The van der Waals surface area contributed by atoms with E-state index in [2.05, 4.69) is 11.9 Å². The Hall–Kier alpha value is -3.55. The molecule has 1 atom stereocenters. The molecule has 0 saturated carbocycles. The van der Waals surface area contributed by atoms with E-state index >= 15 is 0 Å². The van der Waals surface area contributed by atoms with E-state index in [1.165, 1.54) is 13.0 Å². The van der Waals surface area contributed by atoms with Gasteiger partial charge in [-0.15, -0.1) is 0 Å². The number of carbonyl (C=O) groups is 3. The highest BCUT2D eigenvalue weighted by Gasteiger charge is 2.59. The first-order valence-electron chi connectivity index (χ1n) is 9.04. The lowest BCUT2D eigenvalue weighted by atomic mass is 9.68. The van der Waals surface area contributed by atoms with Gasteiger partial charge in [0.25, 0.3) is 0 Å². The third-order valence-corrected chi connectivity index (χ3v) is 4.72. The number of para-hydroxylation sites is 1. The van der Waals surface area contributed by atoms with Crippen molar-refractivity contribution >= 4 is 23.5 Å². The first kappa shape index (κ1) is 20.2. The Morgan fingerprint density at radius 3 is 2.66 bits per heavy atom. The lowest BCUT2D eigenvalue weighted by Crippen LogP contribution is -2.46. The summed E-state index contributed by atoms with van der Waals surface area (Å²) in [5.41, 5.74) is 5.33. The number of anilines is 1. The van der Waals surface area contributed by atoms with Gasteiger partial charge >= 0.3 is 11.9 Å². The molecule has 0 saturated heterocycles. The number of rotatable bonds is 5. The number of fused-ring (bicyclic) bond motifs is 2. The van der Waals surface area contributed by atoms with Crippen LogP contribution in [0.2, 0.25) is 0 Å². The first-order chi connectivity index (χ1) is 13.7. The molecule has 3 rings (SSSR count). The van der Waals surface area contributed by atoms with Crippen LogP contribution >= 0.6 is 0 Å². The number of amides is 1. The van der Waals surface area contributed by atoms with Crippen molar-refractivity contribution in [3.05, 3.63) is 65.3 Å². The van der Waals surface area contributed by atoms with Gasteiger partial charge < -0.3 is 25.3 Å². The minimum atomic E-state index is -1.68. The Morgan fingerprint density at radius 2 is 2.00 bits per heavy atom. The molecule has 2 aliphatic rings. The molecule has 0 aromatic heterocycles. The number of esters is 2. The zero-order chi connectivity index (χ0) is 21.3. The SMILES string of the molecule is C=CCOC(=O)C1=C(N)OC(C(=O)OC(C)C)=C(C)C12C(=O)Nc1ccccc12. The minimum absolute atomic E-state index is 0.0834. The number of nitrogens with two attached hydrogens (primary N) is 1. The van der Waals surface area contributed by atoms with Crippen molar-refractivity contribution in [3.63, 3.8) is 0 Å². The Morgan fingerprint density at radius 1 is 1.31 bits per heavy atom. The van der Waals surface area contributed by atoms with Crippen molar-refractivity contribution < 1.29 is 28.6 Å². The van der Waals surface area contributed by atoms with Gasteiger partial charge in [0, 0.05) is 16.8 Å². The van der Waals surface area contributed by atoms with E-state index in [9.17, 15) is 14.4 Å². The summed E-state index contributed by atoms with van der Waals surface area (Å²) in [6, 6.07) is 6.84. The molecule has 8 nitrogen and oxygen atoms in total. The summed E-state index contributed by atoms with van der Waals surface area (Å²) in [5, 5.41) is 2.75.